The summed E-state index contributed by atoms with van der Waals surface area (Å²) in [6.45, 7) is 19.6. The first-order valence-electron chi connectivity index (χ1n) is 16.1. The normalized spacial score (nSPS) is 24.7. The van der Waals surface area contributed by atoms with Crippen LogP contribution in [-0.4, -0.2) is 81.7 Å². The monoisotopic (exact) mass is 666 g/mol. The number of aromatic nitrogens is 7. The number of benzene rings is 1. The molecule has 2 aliphatic rings. The molecule has 0 aliphatic carbocycles. The molecule has 4 atom stereocenters. The molecule has 3 N–H and O–H groups in total. The number of hydrogen-bond acceptors (Lipinski definition) is 11. The third-order valence-corrected chi connectivity index (χ3v) is 19.7. The molecule has 2 saturated heterocycles. The van der Waals surface area contributed by atoms with Crippen molar-refractivity contribution in [3.8, 4) is 17.2 Å². The minimum Gasteiger partial charge on any atom is -0.414 e. The van der Waals surface area contributed by atoms with Crippen LogP contribution in [0, 0.1) is 6.92 Å². The van der Waals surface area contributed by atoms with Crippen molar-refractivity contribution < 1.29 is 22.8 Å². The van der Waals surface area contributed by atoms with Crippen molar-refractivity contribution in [2.45, 2.75) is 109 Å². The summed E-state index contributed by atoms with van der Waals surface area (Å²) in [4.78, 5) is 13.5. The van der Waals surface area contributed by atoms with Gasteiger partial charge in [-0.2, -0.15) is 0 Å². The lowest BCUT2D eigenvalue weighted by atomic mass is 10.1. The van der Waals surface area contributed by atoms with Crippen LogP contribution in [-0.2, 0) is 17.7 Å². The summed E-state index contributed by atoms with van der Waals surface area (Å²) in [6, 6.07) is 7.96. The van der Waals surface area contributed by atoms with Crippen molar-refractivity contribution in [1.82, 2.24) is 34.5 Å². The zero-order valence-corrected chi connectivity index (χ0v) is 30.1. The van der Waals surface area contributed by atoms with Gasteiger partial charge in [-0.3, -0.25) is 4.57 Å². The van der Waals surface area contributed by atoms with E-state index in [1.165, 1.54) is 6.33 Å². The fraction of sp³-hybridized carbons (Fsp3) is 0.581. The summed E-state index contributed by atoms with van der Waals surface area (Å²) in [7, 11) is -5.80. The van der Waals surface area contributed by atoms with Gasteiger partial charge in [0, 0.05) is 0 Å². The average Bonchev–Trinajstić information content (AvgIpc) is 3.70. The number of fused-ring (bicyclic) bond motifs is 2. The Hall–Kier alpha value is -3.06. The van der Waals surface area contributed by atoms with E-state index in [-0.39, 0.29) is 34.6 Å². The minimum atomic E-state index is -3.00. The highest BCUT2D eigenvalue weighted by molar-refractivity contribution is 6.84. The summed E-state index contributed by atoms with van der Waals surface area (Å²) < 4.78 is 31.5. The molecule has 1 aromatic carbocycles. The maximum Gasteiger partial charge on any atom is 0.335 e. The van der Waals surface area contributed by atoms with Gasteiger partial charge >= 0.3 is 17.1 Å². The fourth-order valence-electron chi connectivity index (χ4n) is 6.89. The van der Waals surface area contributed by atoms with Gasteiger partial charge in [0.25, 0.3) is 0 Å². The highest BCUT2D eigenvalue weighted by atomic mass is 28.5. The molecule has 0 amide bonds. The Morgan fingerprint density at radius 1 is 0.935 bits per heavy atom. The molecule has 6 rings (SSSR count). The fourth-order valence-corrected chi connectivity index (χ4v) is 18.1. The first-order valence-corrected chi connectivity index (χ1v) is 20.1. The number of nitrogens with zero attached hydrogens (tertiary/aromatic N) is 7. The van der Waals surface area contributed by atoms with Crippen LogP contribution in [0.25, 0.3) is 28.4 Å². The Bertz CT molecular complexity index is 1680. The second-order valence-electron chi connectivity index (χ2n) is 13.7. The van der Waals surface area contributed by atoms with Crippen LogP contribution in [0.15, 0.2) is 36.8 Å². The molecule has 3 aromatic heterocycles. The first-order chi connectivity index (χ1) is 21.8. The molecule has 5 heterocycles. The second kappa shape index (κ2) is 12.2. The van der Waals surface area contributed by atoms with Gasteiger partial charge in [0.1, 0.15) is 30.3 Å². The van der Waals surface area contributed by atoms with Crippen molar-refractivity contribution in [2.75, 3.05) is 12.3 Å². The Morgan fingerprint density at radius 3 is 2.22 bits per heavy atom. The van der Waals surface area contributed by atoms with Crippen molar-refractivity contribution >= 4 is 34.1 Å². The summed E-state index contributed by atoms with van der Waals surface area (Å²) in [5.41, 5.74) is 10.1. The van der Waals surface area contributed by atoms with Crippen LogP contribution in [0.3, 0.4) is 0 Å². The number of aryl methyl sites for hydroxylation is 1. The molecule has 2 aliphatic heterocycles. The lowest BCUT2D eigenvalue weighted by molar-refractivity contribution is -0.0564. The summed E-state index contributed by atoms with van der Waals surface area (Å²) >= 11 is 0. The van der Waals surface area contributed by atoms with Crippen molar-refractivity contribution in [2.24, 2.45) is 0 Å². The Kier molecular flexibility index (Phi) is 8.71. The molecule has 4 aromatic rings. The molecular formula is C31H46N8O5Si2. The number of aliphatic hydroxyl groups excluding tert-OH is 1. The van der Waals surface area contributed by atoms with E-state index in [1.807, 2.05) is 31.2 Å². The number of imidazole rings is 1. The molecular weight excluding hydrogens is 621 g/mol. The zero-order valence-electron chi connectivity index (χ0n) is 28.1. The van der Waals surface area contributed by atoms with Crippen LogP contribution in [0.2, 0.25) is 22.2 Å². The number of aliphatic hydroxyl groups is 1. The lowest BCUT2D eigenvalue weighted by Crippen LogP contribution is -2.65. The molecule has 0 unspecified atom stereocenters. The van der Waals surface area contributed by atoms with Gasteiger partial charge in [-0.1, -0.05) is 78.3 Å². The van der Waals surface area contributed by atoms with Crippen molar-refractivity contribution in [1.29, 1.82) is 0 Å². The average molecular weight is 667 g/mol. The van der Waals surface area contributed by atoms with Crippen molar-refractivity contribution in [3.05, 3.63) is 42.4 Å². The number of nitrogens with two attached hydrogens (primary N) is 1. The Labute approximate surface area is 272 Å². The zero-order chi connectivity index (χ0) is 33.1. The van der Waals surface area contributed by atoms with Gasteiger partial charge in [0.05, 0.1) is 18.5 Å². The maximum absolute atomic E-state index is 12.1. The van der Waals surface area contributed by atoms with E-state index >= 15 is 0 Å². The number of hydrogen-bond donors (Lipinski definition) is 2. The Morgan fingerprint density at radius 2 is 1.59 bits per heavy atom. The third-order valence-electron chi connectivity index (χ3n) is 9.42. The standard InChI is InChI=1S/C31H46N8O5Si2/c1-17(2)45(18(3)4)41-15-24-27(43-46(44-45,19(5)6)20(7)8)26(40)31(42-24)39-29(35-25-28(32)33-16-34-30(25)39)23-14-38(37-36-23)22-12-10-21(9)11-13-22/h10-14,16-20,24,26-27,31,40H,15H2,1-9H3,(H2,32,33,34)/t24-,26-,27-,31-/m1/s1. The lowest BCUT2D eigenvalue weighted by Gasteiger charge is -2.51. The topological polar surface area (TPSA) is 157 Å². The summed E-state index contributed by atoms with van der Waals surface area (Å²) in [6.07, 6.45) is -0.152. The SMILES string of the molecule is Cc1ccc(-n2cc(-c3nc4c(N)ncnc4n3[C@@H]3O[C@@H]4CO[Si](C(C)C)(C(C)C)O[Si](C(C)C)(C(C)C)O[C@H]4[C@H]3O)nn2)cc1. The van der Waals surface area contributed by atoms with E-state index in [9.17, 15) is 5.11 Å². The van der Waals surface area contributed by atoms with E-state index in [4.69, 9.17) is 28.4 Å². The van der Waals surface area contributed by atoms with E-state index < -0.39 is 41.7 Å². The van der Waals surface area contributed by atoms with Crippen molar-refractivity contribution in [3.63, 3.8) is 0 Å². The predicted octanol–water partition coefficient (Wildman–Crippen LogP) is 5.18. The van der Waals surface area contributed by atoms with E-state index in [1.54, 1.807) is 15.4 Å². The smallest absolute Gasteiger partial charge is 0.335 e. The van der Waals surface area contributed by atoms with E-state index in [2.05, 4.69) is 75.7 Å². The van der Waals surface area contributed by atoms with Crippen LogP contribution in [0.4, 0.5) is 5.82 Å². The van der Waals surface area contributed by atoms with Gasteiger partial charge in [-0.25, -0.2) is 19.6 Å². The van der Waals surface area contributed by atoms with E-state index in [0.29, 0.717) is 22.7 Å². The summed E-state index contributed by atoms with van der Waals surface area (Å²) in [5.74, 6) is 0.596. The van der Waals surface area contributed by atoms with Gasteiger partial charge in [0.2, 0.25) is 0 Å². The molecule has 0 radical (unpaired) electrons. The second-order valence-corrected chi connectivity index (χ2v) is 22.6. The van der Waals surface area contributed by atoms with E-state index in [0.717, 1.165) is 11.3 Å². The van der Waals surface area contributed by atoms with Crippen LogP contribution in [0.5, 0.6) is 0 Å². The highest BCUT2D eigenvalue weighted by Gasteiger charge is 2.62. The molecule has 46 heavy (non-hydrogen) atoms. The molecule has 0 bridgehead atoms. The van der Waals surface area contributed by atoms with Gasteiger partial charge in [-0.05, 0) is 41.2 Å². The van der Waals surface area contributed by atoms with Gasteiger partial charge in [-0.15, -0.1) is 5.10 Å². The molecule has 248 valence electrons. The number of rotatable bonds is 7. The molecule has 2 fully saturated rings. The molecule has 15 heteroatoms. The molecule has 0 spiro atoms. The largest absolute Gasteiger partial charge is 0.414 e. The number of anilines is 1. The van der Waals surface area contributed by atoms with Gasteiger partial charge < -0.3 is 28.5 Å². The maximum atomic E-state index is 12.1. The Balaban J connectivity index is 1.46. The predicted molar refractivity (Wildman–Crippen MR) is 179 cm³/mol. The molecule has 0 saturated carbocycles. The third kappa shape index (κ3) is 5.31. The minimum absolute atomic E-state index is 0.0967. The highest BCUT2D eigenvalue weighted by Crippen LogP contribution is 2.49. The quantitative estimate of drug-likeness (QED) is 0.251. The molecule has 13 nitrogen and oxygen atoms in total. The van der Waals surface area contributed by atoms with Crippen LogP contribution < -0.4 is 5.73 Å². The van der Waals surface area contributed by atoms with Gasteiger partial charge in [0.15, 0.2) is 29.0 Å². The van der Waals surface area contributed by atoms with Crippen LogP contribution in [0.1, 0.15) is 67.2 Å². The van der Waals surface area contributed by atoms with Crippen LogP contribution >= 0.6 is 0 Å². The number of ether oxygens (including phenoxy) is 1. The number of nitrogen functional groups attached to an aromatic ring is 1. The first kappa shape index (κ1) is 32.9. The summed E-state index contributed by atoms with van der Waals surface area (Å²) in [5, 5.41) is 21.0.